The van der Waals surface area contributed by atoms with Crippen molar-refractivity contribution in [3.63, 3.8) is 0 Å². The molecule has 0 aliphatic heterocycles. The number of carbonyl (C=O) groups is 1. The lowest BCUT2D eigenvalue weighted by atomic mass is 9.86. The van der Waals surface area contributed by atoms with Crippen molar-refractivity contribution in [3.05, 3.63) is 65.2 Å². The first-order valence-electron chi connectivity index (χ1n) is 7.82. The van der Waals surface area contributed by atoms with Crippen LogP contribution in [0.5, 0.6) is 5.75 Å². The topological polar surface area (TPSA) is 46.5 Å². The molecule has 0 amide bonds. The molecule has 3 heteroatoms. The van der Waals surface area contributed by atoms with Gasteiger partial charge in [0.15, 0.2) is 6.10 Å². The van der Waals surface area contributed by atoms with Crippen molar-refractivity contribution in [3.8, 4) is 5.75 Å². The summed E-state index contributed by atoms with van der Waals surface area (Å²) in [6, 6.07) is 15.5. The van der Waals surface area contributed by atoms with E-state index in [1.54, 1.807) is 0 Å². The molecule has 0 radical (unpaired) electrons. The minimum Gasteiger partial charge on any atom is -0.478 e. The summed E-state index contributed by atoms with van der Waals surface area (Å²) >= 11 is 0. The van der Waals surface area contributed by atoms with Crippen LogP contribution in [-0.4, -0.2) is 17.2 Å². The Morgan fingerprint density at radius 3 is 2.43 bits per heavy atom. The fourth-order valence-corrected chi connectivity index (χ4v) is 2.57. The first kappa shape index (κ1) is 17.1. The molecule has 0 saturated heterocycles. The molecular formula is C20H24O3. The van der Waals surface area contributed by atoms with Gasteiger partial charge in [-0.25, -0.2) is 4.79 Å². The van der Waals surface area contributed by atoms with Gasteiger partial charge in [0, 0.05) is 6.42 Å². The van der Waals surface area contributed by atoms with E-state index in [2.05, 4.69) is 20.8 Å². The number of ether oxygens (including phenoxy) is 1. The smallest absolute Gasteiger partial charge is 0.345 e. The van der Waals surface area contributed by atoms with E-state index in [0.717, 1.165) is 16.7 Å². The van der Waals surface area contributed by atoms with Crippen molar-refractivity contribution in [1.82, 2.24) is 0 Å². The van der Waals surface area contributed by atoms with Gasteiger partial charge in [0.25, 0.3) is 0 Å². The molecule has 2 aromatic rings. The second kappa shape index (κ2) is 6.86. The van der Waals surface area contributed by atoms with E-state index < -0.39 is 12.1 Å². The van der Waals surface area contributed by atoms with Crippen molar-refractivity contribution in [1.29, 1.82) is 0 Å². The quantitative estimate of drug-likeness (QED) is 0.892. The molecule has 122 valence electrons. The van der Waals surface area contributed by atoms with Crippen LogP contribution in [0.25, 0.3) is 0 Å². The molecule has 0 spiro atoms. The molecule has 0 bridgehead atoms. The van der Waals surface area contributed by atoms with Crippen LogP contribution < -0.4 is 4.74 Å². The molecule has 0 aromatic heterocycles. The van der Waals surface area contributed by atoms with Crippen LogP contribution in [0.4, 0.5) is 0 Å². The molecule has 23 heavy (non-hydrogen) atoms. The van der Waals surface area contributed by atoms with Crippen molar-refractivity contribution in [2.45, 2.75) is 45.6 Å². The lowest BCUT2D eigenvalue weighted by Gasteiger charge is -2.24. The van der Waals surface area contributed by atoms with Gasteiger partial charge in [0.05, 0.1) is 0 Å². The summed E-state index contributed by atoms with van der Waals surface area (Å²) in [7, 11) is 0. The highest BCUT2D eigenvalue weighted by Crippen LogP contribution is 2.31. The predicted octanol–water partition coefficient (Wildman–Crippen LogP) is 4.37. The highest BCUT2D eigenvalue weighted by atomic mass is 16.5. The minimum absolute atomic E-state index is 0.108. The van der Waals surface area contributed by atoms with Crippen molar-refractivity contribution in [2.75, 3.05) is 0 Å². The van der Waals surface area contributed by atoms with E-state index in [0.29, 0.717) is 12.2 Å². The van der Waals surface area contributed by atoms with Crippen LogP contribution in [0.1, 0.15) is 37.5 Å². The van der Waals surface area contributed by atoms with Crippen LogP contribution >= 0.6 is 0 Å². The van der Waals surface area contributed by atoms with Crippen molar-refractivity contribution in [2.24, 2.45) is 0 Å². The molecule has 0 fully saturated rings. The Morgan fingerprint density at radius 2 is 1.83 bits per heavy atom. The molecule has 1 N–H and O–H groups in total. The highest BCUT2D eigenvalue weighted by molar-refractivity contribution is 5.73. The number of aryl methyl sites for hydroxylation is 1. The van der Waals surface area contributed by atoms with Gasteiger partial charge in [-0.15, -0.1) is 0 Å². The summed E-state index contributed by atoms with van der Waals surface area (Å²) < 4.78 is 5.88. The third kappa shape index (κ3) is 4.59. The summed E-state index contributed by atoms with van der Waals surface area (Å²) in [4.78, 5) is 11.6. The average molecular weight is 312 g/mol. The standard InChI is InChI=1S/C20H24O3/c1-14-8-7-9-15(12-14)13-18(19(21)22)23-17-11-6-5-10-16(17)20(2,3)4/h5-12,18H,13H2,1-4H3,(H,21,22)/t18-/m0/s1. The van der Waals surface area contributed by atoms with Gasteiger partial charge in [-0.2, -0.15) is 0 Å². The van der Waals surface area contributed by atoms with Gasteiger partial charge in [-0.3, -0.25) is 0 Å². The molecular weight excluding hydrogens is 288 g/mol. The van der Waals surface area contributed by atoms with Crippen LogP contribution in [0, 0.1) is 6.92 Å². The van der Waals surface area contributed by atoms with E-state index in [9.17, 15) is 9.90 Å². The van der Waals surface area contributed by atoms with Gasteiger partial charge >= 0.3 is 5.97 Å². The Labute approximate surface area is 137 Å². The monoisotopic (exact) mass is 312 g/mol. The van der Waals surface area contributed by atoms with E-state index >= 15 is 0 Å². The second-order valence-electron chi connectivity index (χ2n) is 6.88. The third-order valence-corrected chi connectivity index (χ3v) is 3.74. The normalized spacial score (nSPS) is 12.7. The fraction of sp³-hybridized carbons (Fsp3) is 0.350. The predicted molar refractivity (Wildman–Crippen MR) is 92.1 cm³/mol. The maximum absolute atomic E-state index is 11.6. The van der Waals surface area contributed by atoms with Crippen LogP contribution in [0.15, 0.2) is 48.5 Å². The zero-order chi connectivity index (χ0) is 17.0. The Kier molecular flexibility index (Phi) is 5.09. The van der Waals surface area contributed by atoms with Gasteiger partial charge < -0.3 is 9.84 Å². The summed E-state index contributed by atoms with van der Waals surface area (Å²) in [6.07, 6.45) is -0.560. The van der Waals surface area contributed by atoms with Crippen LogP contribution in [0.2, 0.25) is 0 Å². The van der Waals surface area contributed by atoms with Gasteiger partial charge in [-0.05, 0) is 29.5 Å². The molecule has 2 aromatic carbocycles. The zero-order valence-electron chi connectivity index (χ0n) is 14.2. The van der Waals surface area contributed by atoms with E-state index in [4.69, 9.17) is 4.74 Å². The summed E-state index contributed by atoms with van der Waals surface area (Å²) in [5, 5.41) is 9.53. The molecule has 1 atom stereocenters. The number of carboxylic acids is 1. The molecule has 0 unspecified atom stereocenters. The lowest BCUT2D eigenvalue weighted by Crippen LogP contribution is -2.30. The number of para-hydroxylation sites is 1. The summed E-state index contributed by atoms with van der Waals surface area (Å²) in [5.41, 5.74) is 2.98. The highest BCUT2D eigenvalue weighted by Gasteiger charge is 2.24. The Morgan fingerprint density at radius 1 is 1.13 bits per heavy atom. The Hall–Kier alpha value is -2.29. The van der Waals surface area contributed by atoms with Gasteiger partial charge in [0.2, 0.25) is 0 Å². The van der Waals surface area contributed by atoms with Crippen molar-refractivity contribution < 1.29 is 14.6 Å². The summed E-state index contributed by atoms with van der Waals surface area (Å²) in [6.45, 7) is 8.26. The van der Waals surface area contributed by atoms with Gasteiger partial charge in [0.1, 0.15) is 5.75 Å². The van der Waals surface area contributed by atoms with E-state index in [1.165, 1.54) is 0 Å². The SMILES string of the molecule is Cc1cccc(C[C@H](Oc2ccccc2C(C)(C)C)C(=O)O)c1. The number of benzene rings is 2. The first-order chi connectivity index (χ1) is 10.8. The molecule has 0 aliphatic rings. The van der Waals surface area contributed by atoms with Crippen molar-refractivity contribution >= 4 is 5.97 Å². The molecule has 0 saturated carbocycles. The largest absolute Gasteiger partial charge is 0.478 e. The average Bonchev–Trinajstić information content (AvgIpc) is 2.46. The lowest BCUT2D eigenvalue weighted by molar-refractivity contribution is -0.145. The van der Waals surface area contributed by atoms with Gasteiger partial charge in [-0.1, -0.05) is 68.8 Å². The molecule has 3 nitrogen and oxygen atoms in total. The van der Waals surface area contributed by atoms with Crippen LogP contribution in [-0.2, 0) is 16.6 Å². The number of hydrogen-bond acceptors (Lipinski definition) is 2. The zero-order valence-corrected chi connectivity index (χ0v) is 14.2. The van der Waals surface area contributed by atoms with Crippen LogP contribution in [0.3, 0.4) is 0 Å². The van der Waals surface area contributed by atoms with E-state index in [-0.39, 0.29) is 5.41 Å². The van der Waals surface area contributed by atoms with E-state index in [1.807, 2.05) is 55.5 Å². The number of aliphatic carboxylic acids is 1. The molecule has 0 heterocycles. The maximum Gasteiger partial charge on any atom is 0.345 e. The Bertz CT molecular complexity index is 683. The number of carboxylic acid groups (broad SMARTS) is 1. The molecule has 0 aliphatic carbocycles. The number of rotatable bonds is 5. The minimum atomic E-state index is -0.949. The maximum atomic E-state index is 11.6. The third-order valence-electron chi connectivity index (χ3n) is 3.74. The molecule has 2 rings (SSSR count). The second-order valence-corrected chi connectivity index (χ2v) is 6.88. The number of hydrogen-bond donors (Lipinski definition) is 1. The fourth-order valence-electron chi connectivity index (χ4n) is 2.57. The Balaban J connectivity index is 2.26. The summed E-state index contributed by atoms with van der Waals surface area (Å²) in [5.74, 6) is -0.310. The first-order valence-corrected chi connectivity index (χ1v) is 7.82.